The third-order valence-corrected chi connectivity index (χ3v) is 4.52. The fraction of sp³-hybridized carbons (Fsp3) is 0.625. The Hall–Kier alpha value is -1.06. The minimum atomic E-state index is 0.425. The van der Waals surface area contributed by atoms with Crippen LogP contribution in [0.2, 0.25) is 0 Å². The van der Waals surface area contributed by atoms with Crippen LogP contribution in [0.3, 0.4) is 0 Å². The summed E-state index contributed by atoms with van der Waals surface area (Å²) in [5.41, 5.74) is 7.51. The van der Waals surface area contributed by atoms with E-state index in [1.54, 1.807) is 0 Å². The van der Waals surface area contributed by atoms with Crippen molar-refractivity contribution in [1.29, 1.82) is 0 Å². The molecule has 3 nitrogen and oxygen atoms in total. The van der Waals surface area contributed by atoms with Crippen LogP contribution in [0.1, 0.15) is 38.2 Å². The quantitative estimate of drug-likeness (QED) is 0.904. The van der Waals surface area contributed by atoms with Crippen molar-refractivity contribution in [3.63, 3.8) is 0 Å². The zero-order valence-electron chi connectivity index (χ0n) is 11.7. The molecule has 0 amide bonds. The van der Waals surface area contributed by atoms with Gasteiger partial charge in [0.25, 0.3) is 0 Å². The molecule has 2 N–H and O–H groups in total. The van der Waals surface area contributed by atoms with Crippen LogP contribution in [0.25, 0.3) is 0 Å². The average Bonchev–Trinajstić information content (AvgIpc) is 2.64. The molecule has 0 saturated carbocycles. The topological polar surface area (TPSA) is 38.5 Å². The number of hydrogen-bond acceptors (Lipinski definition) is 3. The highest BCUT2D eigenvalue weighted by atomic mass is 16.5. The summed E-state index contributed by atoms with van der Waals surface area (Å²) >= 11 is 0. The van der Waals surface area contributed by atoms with Gasteiger partial charge >= 0.3 is 0 Å². The van der Waals surface area contributed by atoms with Crippen molar-refractivity contribution in [2.45, 2.75) is 57.3 Å². The second kappa shape index (κ2) is 5.51. The Bertz CT molecular complexity index is 403. The number of hydrogen-bond donors (Lipinski definition) is 1. The molecule has 2 fully saturated rings. The molecule has 2 bridgehead atoms. The second-order valence-electron chi connectivity index (χ2n) is 5.87. The van der Waals surface area contributed by atoms with Gasteiger partial charge in [-0.05, 0) is 50.3 Å². The van der Waals surface area contributed by atoms with Crippen LogP contribution >= 0.6 is 0 Å². The average molecular weight is 260 g/mol. The molecule has 2 saturated heterocycles. The van der Waals surface area contributed by atoms with Crippen molar-refractivity contribution in [3.8, 4) is 5.75 Å². The number of nitrogens with two attached hydrogens (primary N) is 1. The normalized spacial score (nSPS) is 30.5. The fourth-order valence-electron chi connectivity index (χ4n) is 3.64. The van der Waals surface area contributed by atoms with Crippen LogP contribution in [-0.2, 0) is 6.54 Å². The molecule has 19 heavy (non-hydrogen) atoms. The van der Waals surface area contributed by atoms with Crippen molar-refractivity contribution in [2.75, 3.05) is 6.61 Å². The molecule has 0 aromatic heterocycles. The summed E-state index contributed by atoms with van der Waals surface area (Å²) in [6.45, 7) is 3.81. The van der Waals surface area contributed by atoms with Crippen LogP contribution < -0.4 is 10.5 Å². The van der Waals surface area contributed by atoms with E-state index >= 15 is 0 Å². The lowest BCUT2D eigenvalue weighted by molar-refractivity contribution is 0.120. The summed E-state index contributed by atoms with van der Waals surface area (Å²) < 4.78 is 5.49. The molecular formula is C16H24N2O. The van der Waals surface area contributed by atoms with Gasteiger partial charge < -0.3 is 10.5 Å². The summed E-state index contributed by atoms with van der Waals surface area (Å²) in [4.78, 5) is 2.67. The van der Waals surface area contributed by atoms with Crippen molar-refractivity contribution >= 4 is 0 Å². The largest absolute Gasteiger partial charge is 0.494 e. The number of fused-ring (bicyclic) bond motifs is 2. The second-order valence-corrected chi connectivity index (χ2v) is 5.87. The molecule has 2 heterocycles. The van der Waals surface area contributed by atoms with Crippen LogP contribution in [0.5, 0.6) is 5.75 Å². The Balaban J connectivity index is 1.65. The maximum absolute atomic E-state index is 6.12. The van der Waals surface area contributed by atoms with E-state index < -0.39 is 0 Å². The van der Waals surface area contributed by atoms with Gasteiger partial charge in [-0.1, -0.05) is 12.1 Å². The first-order valence-electron chi connectivity index (χ1n) is 7.49. The molecule has 2 atom stereocenters. The number of nitrogens with zero attached hydrogens (tertiary/aromatic N) is 1. The molecule has 1 aromatic rings. The van der Waals surface area contributed by atoms with Crippen molar-refractivity contribution in [2.24, 2.45) is 5.73 Å². The van der Waals surface area contributed by atoms with Gasteiger partial charge in [0.05, 0.1) is 6.61 Å². The van der Waals surface area contributed by atoms with Gasteiger partial charge in [-0.25, -0.2) is 0 Å². The summed E-state index contributed by atoms with van der Waals surface area (Å²) in [7, 11) is 0. The van der Waals surface area contributed by atoms with Crippen LogP contribution in [-0.4, -0.2) is 29.6 Å². The van der Waals surface area contributed by atoms with E-state index in [-0.39, 0.29) is 0 Å². The summed E-state index contributed by atoms with van der Waals surface area (Å²) in [6, 6.07) is 10.4. The van der Waals surface area contributed by atoms with Gasteiger partial charge in [0.2, 0.25) is 0 Å². The maximum atomic E-state index is 6.12. The number of ether oxygens (including phenoxy) is 1. The predicted octanol–water partition coefficient (Wildman–Crippen LogP) is 2.54. The molecule has 0 radical (unpaired) electrons. The molecule has 104 valence electrons. The Morgan fingerprint density at radius 1 is 1.16 bits per heavy atom. The number of rotatable bonds is 4. The Labute approximate surface area is 115 Å². The highest BCUT2D eigenvalue weighted by molar-refractivity contribution is 5.27. The lowest BCUT2D eigenvalue weighted by atomic mass is 9.97. The third-order valence-electron chi connectivity index (χ3n) is 4.52. The highest BCUT2D eigenvalue weighted by Gasteiger charge is 2.39. The first-order valence-corrected chi connectivity index (χ1v) is 7.49. The Morgan fingerprint density at radius 2 is 1.79 bits per heavy atom. The van der Waals surface area contributed by atoms with Crippen molar-refractivity contribution < 1.29 is 4.74 Å². The van der Waals surface area contributed by atoms with E-state index in [4.69, 9.17) is 10.5 Å². The van der Waals surface area contributed by atoms with E-state index in [0.717, 1.165) is 18.9 Å². The molecule has 2 aliphatic rings. The SMILES string of the molecule is CCOc1ccc(CN2C3CCC2CC(N)C3)cc1. The van der Waals surface area contributed by atoms with E-state index in [9.17, 15) is 0 Å². The third kappa shape index (κ3) is 2.77. The van der Waals surface area contributed by atoms with Crippen LogP contribution in [0, 0.1) is 0 Å². The first kappa shape index (κ1) is 12.9. The van der Waals surface area contributed by atoms with Gasteiger partial charge in [-0.3, -0.25) is 4.90 Å². The van der Waals surface area contributed by atoms with Crippen LogP contribution in [0.15, 0.2) is 24.3 Å². The van der Waals surface area contributed by atoms with Gasteiger partial charge in [-0.15, -0.1) is 0 Å². The number of benzene rings is 1. The van der Waals surface area contributed by atoms with Gasteiger partial charge in [-0.2, -0.15) is 0 Å². The maximum Gasteiger partial charge on any atom is 0.119 e. The smallest absolute Gasteiger partial charge is 0.119 e. The first-order chi connectivity index (χ1) is 9.26. The monoisotopic (exact) mass is 260 g/mol. The van der Waals surface area contributed by atoms with E-state index in [0.29, 0.717) is 18.1 Å². The Kier molecular flexibility index (Phi) is 3.76. The zero-order chi connectivity index (χ0) is 13.2. The lowest BCUT2D eigenvalue weighted by Gasteiger charge is -2.37. The summed E-state index contributed by atoms with van der Waals surface area (Å²) in [5.74, 6) is 0.967. The predicted molar refractivity (Wildman–Crippen MR) is 77.2 cm³/mol. The standard InChI is InChI=1S/C16H24N2O/c1-2-19-16-7-3-12(4-8-16)11-18-14-5-6-15(18)10-13(17)9-14/h3-4,7-8,13-15H,2,5-6,9-11,17H2,1H3. The van der Waals surface area contributed by atoms with E-state index in [2.05, 4.69) is 29.2 Å². The summed E-state index contributed by atoms with van der Waals surface area (Å²) in [5, 5.41) is 0. The van der Waals surface area contributed by atoms with E-state index in [1.165, 1.54) is 31.2 Å². The fourth-order valence-corrected chi connectivity index (χ4v) is 3.64. The lowest BCUT2D eigenvalue weighted by Crippen LogP contribution is -2.46. The van der Waals surface area contributed by atoms with Crippen molar-refractivity contribution in [3.05, 3.63) is 29.8 Å². The summed E-state index contributed by atoms with van der Waals surface area (Å²) in [6.07, 6.45) is 5.01. The van der Waals surface area contributed by atoms with Gasteiger partial charge in [0.15, 0.2) is 0 Å². The van der Waals surface area contributed by atoms with Crippen LogP contribution in [0.4, 0.5) is 0 Å². The molecule has 2 unspecified atom stereocenters. The highest BCUT2D eigenvalue weighted by Crippen LogP contribution is 2.36. The molecule has 0 spiro atoms. The Morgan fingerprint density at radius 3 is 2.37 bits per heavy atom. The van der Waals surface area contributed by atoms with E-state index in [1.807, 2.05) is 6.92 Å². The molecule has 3 rings (SSSR count). The molecule has 1 aromatic carbocycles. The molecule has 2 aliphatic heterocycles. The number of piperidine rings is 1. The zero-order valence-corrected chi connectivity index (χ0v) is 11.7. The molecular weight excluding hydrogens is 236 g/mol. The van der Waals surface area contributed by atoms with Gasteiger partial charge in [0, 0.05) is 24.7 Å². The molecule has 0 aliphatic carbocycles. The van der Waals surface area contributed by atoms with Gasteiger partial charge in [0.1, 0.15) is 5.75 Å². The minimum Gasteiger partial charge on any atom is -0.494 e. The minimum absolute atomic E-state index is 0.425. The van der Waals surface area contributed by atoms with Crippen molar-refractivity contribution in [1.82, 2.24) is 4.90 Å². The molecule has 3 heteroatoms.